The number of hydrogen-bond acceptors (Lipinski definition) is 3. The van der Waals surface area contributed by atoms with Gasteiger partial charge in [0.05, 0.1) is 0 Å². The highest BCUT2D eigenvalue weighted by Crippen LogP contribution is 2.34. The average molecular weight is 373 g/mol. The summed E-state index contributed by atoms with van der Waals surface area (Å²) in [5, 5.41) is 3.10. The summed E-state index contributed by atoms with van der Waals surface area (Å²) in [6.07, 6.45) is 5.09. The van der Waals surface area contributed by atoms with E-state index in [2.05, 4.69) is 24.1 Å². The fraction of sp³-hybridized carbons (Fsp3) is 0.524. The molecule has 0 saturated carbocycles. The molecule has 1 N–H and O–H groups in total. The predicted molar refractivity (Wildman–Crippen MR) is 102 cm³/mol. The maximum absolute atomic E-state index is 13.8. The van der Waals surface area contributed by atoms with Gasteiger partial charge in [-0.3, -0.25) is 4.79 Å². The zero-order valence-electron chi connectivity index (χ0n) is 16.2. The number of carbonyl (C=O) groups is 1. The minimum atomic E-state index is -0.352. The number of rotatable bonds is 6. The summed E-state index contributed by atoms with van der Waals surface area (Å²) in [6.45, 7) is 7.69. The molecule has 1 saturated heterocycles. The Morgan fingerprint density at radius 2 is 2.07 bits per heavy atom. The van der Waals surface area contributed by atoms with E-state index in [-0.39, 0.29) is 29.1 Å². The van der Waals surface area contributed by atoms with Crippen LogP contribution in [0, 0.1) is 5.82 Å². The summed E-state index contributed by atoms with van der Waals surface area (Å²) < 4.78 is 21.2. The van der Waals surface area contributed by atoms with Crippen LogP contribution in [0.15, 0.2) is 36.7 Å². The fourth-order valence-corrected chi connectivity index (χ4v) is 3.78. The molecule has 1 aromatic heterocycles. The van der Waals surface area contributed by atoms with E-state index >= 15 is 0 Å². The molecule has 1 amide bonds. The normalized spacial score (nSPS) is 17.7. The van der Waals surface area contributed by atoms with Gasteiger partial charge in [0.1, 0.15) is 17.7 Å². The van der Waals surface area contributed by atoms with Crippen LogP contribution in [0.2, 0.25) is 0 Å². The van der Waals surface area contributed by atoms with Gasteiger partial charge < -0.3 is 14.6 Å². The highest BCUT2D eigenvalue weighted by molar-refractivity contribution is 5.80. The van der Waals surface area contributed by atoms with Crippen molar-refractivity contribution >= 4 is 5.91 Å². The zero-order valence-corrected chi connectivity index (χ0v) is 16.2. The van der Waals surface area contributed by atoms with Crippen LogP contribution in [0.4, 0.5) is 4.39 Å². The number of carbonyl (C=O) groups excluding carboxylic acids is 1. The molecule has 146 valence electrons. The van der Waals surface area contributed by atoms with Crippen LogP contribution in [0.1, 0.15) is 57.0 Å². The van der Waals surface area contributed by atoms with Gasteiger partial charge in [-0.1, -0.05) is 26.0 Å². The number of aromatic nitrogens is 2. The van der Waals surface area contributed by atoms with E-state index in [1.807, 2.05) is 23.8 Å². The molecule has 1 atom stereocenters. The molecule has 0 aliphatic carbocycles. The van der Waals surface area contributed by atoms with Crippen molar-refractivity contribution in [2.24, 2.45) is 0 Å². The first kappa shape index (κ1) is 19.5. The van der Waals surface area contributed by atoms with Gasteiger partial charge >= 0.3 is 0 Å². The lowest BCUT2D eigenvalue weighted by Gasteiger charge is -2.38. The molecule has 6 heteroatoms. The Morgan fingerprint density at radius 1 is 1.33 bits per heavy atom. The molecule has 0 radical (unpaired) electrons. The van der Waals surface area contributed by atoms with E-state index in [9.17, 15) is 9.18 Å². The van der Waals surface area contributed by atoms with Crippen LogP contribution in [-0.4, -0.2) is 35.2 Å². The number of ether oxygens (including phenoxy) is 1. The van der Waals surface area contributed by atoms with Crippen molar-refractivity contribution < 1.29 is 13.9 Å². The number of halogens is 1. The van der Waals surface area contributed by atoms with Crippen molar-refractivity contribution in [3.8, 4) is 0 Å². The van der Waals surface area contributed by atoms with E-state index in [1.54, 1.807) is 18.3 Å². The standard InChI is InChI=1S/C21H28FN3O2/c1-15(2)19-23-9-10-25(19)16(3)20(26)24-14-21(7-11-27-12-8-21)17-5-4-6-18(22)13-17/h4-6,9-10,13,15-16H,7-8,11-12,14H2,1-3H3,(H,24,26)/t16-/m1/s1. The third-order valence-corrected chi connectivity index (χ3v) is 5.50. The number of amides is 1. The first-order chi connectivity index (χ1) is 12.9. The van der Waals surface area contributed by atoms with Gasteiger partial charge in [-0.2, -0.15) is 0 Å². The summed E-state index contributed by atoms with van der Waals surface area (Å²) >= 11 is 0. The second-order valence-electron chi connectivity index (χ2n) is 7.64. The molecule has 2 heterocycles. The number of nitrogens with one attached hydrogen (secondary N) is 1. The lowest BCUT2D eigenvalue weighted by atomic mass is 9.74. The van der Waals surface area contributed by atoms with Gasteiger partial charge in [-0.25, -0.2) is 9.37 Å². The van der Waals surface area contributed by atoms with Crippen LogP contribution in [-0.2, 0) is 14.9 Å². The Kier molecular flexibility index (Phi) is 5.95. The van der Waals surface area contributed by atoms with Crippen molar-refractivity contribution in [1.29, 1.82) is 0 Å². The predicted octanol–water partition coefficient (Wildman–Crippen LogP) is 3.57. The SMILES string of the molecule is CC(C)c1nccn1[C@H](C)C(=O)NCC1(c2cccc(F)c2)CCOCC1. The van der Waals surface area contributed by atoms with Crippen molar-refractivity contribution in [3.05, 3.63) is 53.9 Å². The minimum Gasteiger partial charge on any atom is -0.381 e. The number of benzene rings is 1. The Balaban J connectivity index is 1.75. The Hall–Kier alpha value is -2.21. The summed E-state index contributed by atoms with van der Waals surface area (Å²) in [5.74, 6) is 0.822. The van der Waals surface area contributed by atoms with Gasteiger partial charge in [0.25, 0.3) is 0 Å². The third kappa shape index (κ3) is 4.21. The van der Waals surface area contributed by atoms with Crippen LogP contribution >= 0.6 is 0 Å². The monoisotopic (exact) mass is 373 g/mol. The van der Waals surface area contributed by atoms with E-state index < -0.39 is 0 Å². The van der Waals surface area contributed by atoms with Crippen LogP contribution in [0.3, 0.4) is 0 Å². The quantitative estimate of drug-likeness (QED) is 0.842. The molecule has 0 spiro atoms. The fourth-order valence-electron chi connectivity index (χ4n) is 3.78. The summed E-state index contributed by atoms with van der Waals surface area (Å²) in [7, 11) is 0. The minimum absolute atomic E-state index is 0.0582. The van der Waals surface area contributed by atoms with Gasteiger partial charge in [0, 0.05) is 43.5 Å². The van der Waals surface area contributed by atoms with Gasteiger partial charge in [-0.05, 0) is 37.5 Å². The van der Waals surface area contributed by atoms with Crippen LogP contribution in [0.25, 0.3) is 0 Å². The van der Waals surface area contributed by atoms with Crippen molar-refractivity contribution in [1.82, 2.24) is 14.9 Å². The third-order valence-electron chi connectivity index (χ3n) is 5.50. The van der Waals surface area contributed by atoms with Crippen molar-refractivity contribution in [3.63, 3.8) is 0 Å². The van der Waals surface area contributed by atoms with Crippen LogP contribution in [0.5, 0.6) is 0 Å². The van der Waals surface area contributed by atoms with E-state index in [0.717, 1.165) is 24.2 Å². The largest absolute Gasteiger partial charge is 0.381 e. The maximum atomic E-state index is 13.8. The second kappa shape index (κ2) is 8.21. The average Bonchev–Trinajstić information content (AvgIpc) is 3.16. The summed E-state index contributed by atoms with van der Waals surface area (Å²) in [4.78, 5) is 17.2. The highest BCUT2D eigenvalue weighted by atomic mass is 19.1. The Bertz CT molecular complexity index is 781. The van der Waals surface area contributed by atoms with Gasteiger partial charge in [0.15, 0.2) is 0 Å². The lowest BCUT2D eigenvalue weighted by molar-refractivity contribution is -0.124. The van der Waals surface area contributed by atoms with E-state index in [1.165, 1.54) is 6.07 Å². The lowest BCUT2D eigenvalue weighted by Crippen LogP contribution is -2.46. The molecular formula is C21H28FN3O2. The number of hydrogen-bond donors (Lipinski definition) is 1. The summed E-state index contributed by atoms with van der Waals surface area (Å²) in [6, 6.07) is 6.34. The Morgan fingerprint density at radius 3 is 2.74 bits per heavy atom. The van der Waals surface area contributed by atoms with Gasteiger partial charge in [-0.15, -0.1) is 0 Å². The molecule has 1 aliphatic rings. The highest BCUT2D eigenvalue weighted by Gasteiger charge is 2.35. The van der Waals surface area contributed by atoms with E-state index in [4.69, 9.17) is 4.74 Å². The van der Waals surface area contributed by atoms with Gasteiger partial charge in [0.2, 0.25) is 5.91 Å². The molecule has 1 fully saturated rings. The molecule has 27 heavy (non-hydrogen) atoms. The molecule has 5 nitrogen and oxygen atoms in total. The smallest absolute Gasteiger partial charge is 0.242 e. The summed E-state index contributed by atoms with van der Waals surface area (Å²) in [5.41, 5.74) is 0.621. The Labute approximate surface area is 159 Å². The molecule has 1 aliphatic heterocycles. The number of nitrogens with zero attached hydrogens (tertiary/aromatic N) is 2. The number of imidazole rings is 1. The molecular weight excluding hydrogens is 345 g/mol. The van der Waals surface area contributed by atoms with Crippen molar-refractivity contribution in [2.75, 3.05) is 19.8 Å². The topological polar surface area (TPSA) is 56.2 Å². The molecule has 0 unspecified atom stereocenters. The molecule has 3 rings (SSSR count). The van der Waals surface area contributed by atoms with E-state index in [0.29, 0.717) is 19.8 Å². The molecule has 0 bridgehead atoms. The zero-order chi connectivity index (χ0) is 19.4. The molecule has 2 aromatic rings. The first-order valence-corrected chi connectivity index (χ1v) is 9.57. The van der Waals surface area contributed by atoms with Crippen molar-refractivity contribution in [2.45, 2.75) is 51.0 Å². The first-order valence-electron chi connectivity index (χ1n) is 9.57. The second-order valence-corrected chi connectivity index (χ2v) is 7.64. The maximum Gasteiger partial charge on any atom is 0.242 e. The molecule has 1 aromatic carbocycles. The van der Waals surface area contributed by atoms with Crippen LogP contribution < -0.4 is 5.32 Å².